The van der Waals surface area contributed by atoms with Crippen molar-refractivity contribution in [3.63, 3.8) is 0 Å². The number of halogens is 1. The maximum absolute atomic E-state index is 9.93. The first kappa shape index (κ1) is 13.6. The van der Waals surface area contributed by atoms with Gasteiger partial charge in [-0.25, -0.2) is 0 Å². The molecule has 0 spiro atoms. The minimum atomic E-state index is 0.328. The molecule has 0 radical (unpaired) electrons. The van der Waals surface area contributed by atoms with Crippen molar-refractivity contribution >= 4 is 17.3 Å². The van der Waals surface area contributed by atoms with Gasteiger partial charge in [0.25, 0.3) is 0 Å². The van der Waals surface area contributed by atoms with Crippen molar-refractivity contribution in [1.82, 2.24) is 0 Å². The quantitative estimate of drug-likeness (QED) is 0.888. The van der Waals surface area contributed by atoms with Crippen LogP contribution in [0.5, 0.6) is 11.5 Å². The van der Waals surface area contributed by atoms with Gasteiger partial charge in [0.1, 0.15) is 11.5 Å². The summed E-state index contributed by atoms with van der Waals surface area (Å²) >= 11 is 6.05. The van der Waals surface area contributed by atoms with Gasteiger partial charge in [0.05, 0.1) is 12.1 Å². The molecule has 0 saturated heterocycles. The van der Waals surface area contributed by atoms with Crippen molar-refractivity contribution in [3.8, 4) is 11.5 Å². The fraction of sp³-hybridized carbons (Fsp3) is 0.200. The van der Waals surface area contributed by atoms with Gasteiger partial charge in [-0.15, -0.1) is 0 Å². The molecule has 0 amide bonds. The summed E-state index contributed by atoms with van der Waals surface area (Å²) in [7, 11) is 1.58. The number of phenols is 1. The SMILES string of the molecule is COc1ccc(NCc2cccc(C)c2O)cc1Cl. The Bertz CT molecular complexity index is 584. The zero-order chi connectivity index (χ0) is 13.8. The van der Waals surface area contributed by atoms with E-state index in [1.165, 1.54) is 0 Å². The Morgan fingerprint density at radius 1 is 1.26 bits per heavy atom. The first-order chi connectivity index (χ1) is 9.11. The summed E-state index contributed by atoms with van der Waals surface area (Å²) in [5.41, 5.74) is 2.60. The third-order valence-electron chi connectivity index (χ3n) is 2.96. The second-order valence-electron chi connectivity index (χ2n) is 4.29. The molecule has 4 heteroatoms. The highest BCUT2D eigenvalue weighted by Crippen LogP contribution is 2.28. The monoisotopic (exact) mass is 277 g/mol. The van der Waals surface area contributed by atoms with Crippen LogP contribution in [-0.4, -0.2) is 12.2 Å². The van der Waals surface area contributed by atoms with E-state index in [0.717, 1.165) is 16.8 Å². The molecular weight excluding hydrogens is 262 g/mol. The summed E-state index contributed by atoms with van der Waals surface area (Å²) in [5, 5.41) is 13.7. The Hall–Kier alpha value is -1.87. The predicted octanol–water partition coefficient (Wildman–Crippen LogP) is 3.97. The molecule has 0 saturated carbocycles. The molecule has 0 heterocycles. The van der Waals surface area contributed by atoms with Gasteiger partial charge in [0, 0.05) is 17.8 Å². The van der Waals surface area contributed by atoms with Crippen molar-refractivity contribution in [2.24, 2.45) is 0 Å². The van der Waals surface area contributed by atoms with Crippen molar-refractivity contribution in [2.75, 3.05) is 12.4 Å². The molecule has 0 aromatic heterocycles. The van der Waals surface area contributed by atoms with Crippen LogP contribution in [-0.2, 0) is 6.54 Å². The molecule has 0 aliphatic heterocycles. The van der Waals surface area contributed by atoms with Crippen molar-refractivity contribution in [3.05, 3.63) is 52.5 Å². The van der Waals surface area contributed by atoms with Gasteiger partial charge in [0.2, 0.25) is 0 Å². The number of nitrogens with one attached hydrogen (secondary N) is 1. The molecule has 0 unspecified atom stereocenters. The molecule has 19 heavy (non-hydrogen) atoms. The summed E-state index contributed by atoms with van der Waals surface area (Å²) in [6.07, 6.45) is 0. The zero-order valence-electron chi connectivity index (χ0n) is 10.9. The Kier molecular flexibility index (Phi) is 4.17. The predicted molar refractivity (Wildman–Crippen MR) is 78.2 cm³/mol. The fourth-order valence-electron chi connectivity index (χ4n) is 1.84. The molecule has 100 valence electrons. The summed E-state index contributed by atoms with van der Waals surface area (Å²) in [4.78, 5) is 0. The molecule has 3 nitrogen and oxygen atoms in total. The number of hydrogen-bond donors (Lipinski definition) is 2. The number of anilines is 1. The lowest BCUT2D eigenvalue weighted by atomic mass is 10.1. The normalized spacial score (nSPS) is 10.3. The minimum Gasteiger partial charge on any atom is -0.507 e. The average molecular weight is 278 g/mol. The third kappa shape index (κ3) is 3.12. The second-order valence-corrected chi connectivity index (χ2v) is 4.69. The van der Waals surface area contributed by atoms with E-state index in [9.17, 15) is 5.11 Å². The molecule has 0 fully saturated rings. The maximum Gasteiger partial charge on any atom is 0.137 e. The topological polar surface area (TPSA) is 41.5 Å². The molecular formula is C15H16ClNO2. The van der Waals surface area contributed by atoms with E-state index in [1.54, 1.807) is 19.2 Å². The van der Waals surface area contributed by atoms with Crippen LogP contribution in [0.3, 0.4) is 0 Å². The standard InChI is InChI=1S/C15H16ClNO2/c1-10-4-3-5-11(15(10)18)9-17-12-6-7-14(19-2)13(16)8-12/h3-8,17-18H,9H2,1-2H3. The van der Waals surface area contributed by atoms with Crippen LogP contribution < -0.4 is 10.1 Å². The summed E-state index contributed by atoms with van der Waals surface area (Å²) in [5.74, 6) is 0.972. The van der Waals surface area contributed by atoms with Crippen LogP contribution in [0.1, 0.15) is 11.1 Å². The third-order valence-corrected chi connectivity index (χ3v) is 3.25. The highest BCUT2D eigenvalue weighted by Gasteiger charge is 2.05. The summed E-state index contributed by atoms with van der Waals surface area (Å²) in [6.45, 7) is 2.42. The molecule has 2 aromatic carbocycles. The number of ether oxygens (including phenoxy) is 1. The van der Waals surface area contributed by atoms with Gasteiger partial charge in [-0.1, -0.05) is 29.8 Å². The van der Waals surface area contributed by atoms with E-state index < -0.39 is 0 Å². The van der Waals surface area contributed by atoms with Crippen LogP contribution in [0.4, 0.5) is 5.69 Å². The van der Waals surface area contributed by atoms with Crippen molar-refractivity contribution in [2.45, 2.75) is 13.5 Å². The minimum absolute atomic E-state index is 0.328. The van der Waals surface area contributed by atoms with Crippen LogP contribution in [0.15, 0.2) is 36.4 Å². The highest BCUT2D eigenvalue weighted by molar-refractivity contribution is 6.32. The number of phenolic OH excluding ortho intramolecular Hbond substituents is 1. The maximum atomic E-state index is 9.93. The van der Waals surface area contributed by atoms with E-state index in [-0.39, 0.29) is 0 Å². The van der Waals surface area contributed by atoms with E-state index in [0.29, 0.717) is 23.1 Å². The van der Waals surface area contributed by atoms with Gasteiger partial charge >= 0.3 is 0 Å². The van der Waals surface area contributed by atoms with Crippen LogP contribution in [0, 0.1) is 6.92 Å². The van der Waals surface area contributed by atoms with E-state index in [4.69, 9.17) is 16.3 Å². The van der Waals surface area contributed by atoms with Crippen molar-refractivity contribution < 1.29 is 9.84 Å². The molecule has 0 aliphatic rings. The second kappa shape index (κ2) is 5.85. The number of benzene rings is 2. The first-order valence-electron chi connectivity index (χ1n) is 5.96. The molecule has 0 aliphatic carbocycles. The summed E-state index contributed by atoms with van der Waals surface area (Å²) < 4.78 is 5.10. The van der Waals surface area contributed by atoms with E-state index in [2.05, 4.69) is 5.32 Å². The van der Waals surface area contributed by atoms with Crippen molar-refractivity contribution in [1.29, 1.82) is 0 Å². The molecule has 0 bridgehead atoms. The lowest BCUT2D eigenvalue weighted by Crippen LogP contribution is -2.00. The van der Waals surface area contributed by atoms with E-state index >= 15 is 0 Å². The molecule has 2 rings (SSSR count). The molecule has 2 N–H and O–H groups in total. The largest absolute Gasteiger partial charge is 0.507 e. The average Bonchev–Trinajstić information content (AvgIpc) is 2.40. The Morgan fingerprint density at radius 3 is 2.74 bits per heavy atom. The van der Waals surface area contributed by atoms with Crippen LogP contribution in [0.25, 0.3) is 0 Å². The first-order valence-corrected chi connectivity index (χ1v) is 6.34. The fourth-order valence-corrected chi connectivity index (χ4v) is 2.09. The number of para-hydroxylation sites is 1. The Morgan fingerprint density at radius 2 is 2.05 bits per heavy atom. The number of aromatic hydroxyl groups is 1. The van der Waals surface area contributed by atoms with Crippen LogP contribution in [0.2, 0.25) is 5.02 Å². The highest BCUT2D eigenvalue weighted by atomic mass is 35.5. The number of methoxy groups -OCH3 is 1. The Balaban J connectivity index is 2.10. The lowest BCUT2D eigenvalue weighted by molar-refractivity contribution is 0.415. The van der Waals surface area contributed by atoms with Gasteiger partial charge in [-0.3, -0.25) is 0 Å². The molecule has 2 aromatic rings. The zero-order valence-corrected chi connectivity index (χ0v) is 11.7. The van der Waals surface area contributed by atoms with Gasteiger partial charge < -0.3 is 15.2 Å². The molecule has 0 atom stereocenters. The number of rotatable bonds is 4. The summed E-state index contributed by atoms with van der Waals surface area (Å²) in [6, 6.07) is 11.2. The smallest absolute Gasteiger partial charge is 0.137 e. The van der Waals surface area contributed by atoms with E-state index in [1.807, 2.05) is 31.2 Å². The van der Waals surface area contributed by atoms with Gasteiger partial charge in [-0.2, -0.15) is 0 Å². The van der Waals surface area contributed by atoms with Gasteiger partial charge in [0.15, 0.2) is 0 Å². The number of aryl methyl sites for hydroxylation is 1. The van der Waals surface area contributed by atoms with Gasteiger partial charge in [-0.05, 0) is 30.7 Å². The number of hydrogen-bond acceptors (Lipinski definition) is 3. The Labute approximate surface area is 117 Å². The lowest BCUT2D eigenvalue weighted by Gasteiger charge is -2.11. The van der Waals surface area contributed by atoms with Crippen LogP contribution >= 0.6 is 11.6 Å².